The first-order valence-electron chi connectivity index (χ1n) is 26.9. The summed E-state index contributed by atoms with van der Waals surface area (Å²) >= 11 is 0. The zero-order valence-electron chi connectivity index (χ0n) is 40.9. The fraction of sp³-hybridized carbons (Fsp3) is 0.944. The van der Waals surface area contributed by atoms with Crippen molar-refractivity contribution in [3.8, 4) is 0 Å². The third-order valence-corrected chi connectivity index (χ3v) is 12.7. The summed E-state index contributed by atoms with van der Waals surface area (Å²) in [6.07, 6.45) is 50.8. The molecule has 0 rings (SSSR count). The zero-order valence-corrected chi connectivity index (χ0v) is 40.9. The van der Waals surface area contributed by atoms with Gasteiger partial charge in [-0.2, -0.15) is 0 Å². The van der Waals surface area contributed by atoms with Crippen LogP contribution in [0.5, 0.6) is 0 Å². The molecule has 0 heterocycles. The highest BCUT2D eigenvalue weighted by atomic mass is 16.6. The highest BCUT2D eigenvalue weighted by molar-refractivity contribution is 5.71. The Morgan fingerprint density at radius 2 is 0.583 bits per heavy atom. The lowest BCUT2D eigenvalue weighted by Crippen LogP contribution is -2.30. The Morgan fingerprint density at radius 1 is 0.333 bits per heavy atom. The molecule has 1 unspecified atom stereocenters. The van der Waals surface area contributed by atoms with Gasteiger partial charge in [-0.05, 0) is 25.2 Å². The number of unbranched alkanes of at least 4 members (excludes halogenated alkanes) is 35. The molecule has 0 aromatic heterocycles. The lowest BCUT2D eigenvalue weighted by Gasteiger charge is -2.18. The third kappa shape index (κ3) is 45.9. The average Bonchev–Trinajstić information content (AvgIpc) is 3.25. The van der Waals surface area contributed by atoms with E-state index in [-0.39, 0.29) is 31.1 Å². The van der Waals surface area contributed by atoms with Crippen molar-refractivity contribution >= 4 is 17.9 Å². The van der Waals surface area contributed by atoms with E-state index in [1.165, 1.54) is 199 Å². The van der Waals surface area contributed by atoms with E-state index < -0.39 is 6.10 Å². The SMILES string of the molecule is CCCCCCCCCCCCCCCCCC(=O)OC[C@H](COC(=O)CCCCCCCCCCC(C)CC)OC(=O)CCCCCCCCCCCCCCCCC. The van der Waals surface area contributed by atoms with Crippen LogP contribution in [0.15, 0.2) is 0 Å². The van der Waals surface area contributed by atoms with E-state index in [1.807, 2.05) is 0 Å². The summed E-state index contributed by atoms with van der Waals surface area (Å²) in [7, 11) is 0. The van der Waals surface area contributed by atoms with Gasteiger partial charge in [0.25, 0.3) is 0 Å². The molecule has 0 saturated heterocycles. The normalized spacial score (nSPS) is 12.4. The molecule has 2 atom stereocenters. The van der Waals surface area contributed by atoms with Crippen molar-refractivity contribution < 1.29 is 28.6 Å². The van der Waals surface area contributed by atoms with Gasteiger partial charge in [-0.3, -0.25) is 14.4 Å². The minimum atomic E-state index is -0.761. The molecule has 6 nitrogen and oxygen atoms in total. The Bertz CT molecular complexity index is 905. The number of hydrogen-bond donors (Lipinski definition) is 0. The maximum Gasteiger partial charge on any atom is 0.306 e. The highest BCUT2D eigenvalue weighted by Crippen LogP contribution is 2.18. The molecule has 0 saturated carbocycles. The summed E-state index contributed by atoms with van der Waals surface area (Å²) in [5.41, 5.74) is 0. The maximum absolute atomic E-state index is 12.8. The summed E-state index contributed by atoms with van der Waals surface area (Å²) in [5, 5.41) is 0. The molecule has 0 bridgehead atoms. The van der Waals surface area contributed by atoms with Crippen LogP contribution in [-0.2, 0) is 28.6 Å². The van der Waals surface area contributed by atoms with Gasteiger partial charge >= 0.3 is 17.9 Å². The van der Waals surface area contributed by atoms with Gasteiger partial charge in [0, 0.05) is 19.3 Å². The van der Waals surface area contributed by atoms with Crippen molar-refractivity contribution in [3.05, 3.63) is 0 Å². The van der Waals surface area contributed by atoms with Crippen LogP contribution in [0.2, 0.25) is 0 Å². The van der Waals surface area contributed by atoms with Crippen LogP contribution < -0.4 is 0 Å². The van der Waals surface area contributed by atoms with Gasteiger partial charge in [0.15, 0.2) is 6.10 Å². The Kier molecular flexibility index (Phi) is 47.2. The molecule has 60 heavy (non-hydrogen) atoms. The highest BCUT2D eigenvalue weighted by Gasteiger charge is 2.19. The smallest absolute Gasteiger partial charge is 0.306 e. The fourth-order valence-electron chi connectivity index (χ4n) is 8.19. The second-order valence-corrected chi connectivity index (χ2v) is 18.8. The number of rotatable bonds is 49. The van der Waals surface area contributed by atoms with Crippen LogP contribution in [0.3, 0.4) is 0 Å². The lowest BCUT2D eigenvalue weighted by atomic mass is 9.99. The Morgan fingerprint density at radius 3 is 0.867 bits per heavy atom. The quantitative estimate of drug-likeness (QED) is 0.0345. The van der Waals surface area contributed by atoms with Gasteiger partial charge in [-0.1, -0.05) is 265 Å². The van der Waals surface area contributed by atoms with E-state index in [9.17, 15) is 14.4 Å². The van der Waals surface area contributed by atoms with Gasteiger partial charge in [0.1, 0.15) is 13.2 Å². The number of ether oxygens (including phenoxy) is 3. The van der Waals surface area contributed by atoms with E-state index in [0.29, 0.717) is 19.3 Å². The standard InChI is InChI=1S/C54H104O6/c1-5-8-10-12-14-16-18-20-22-24-26-28-33-37-41-45-52(55)58-48-51(49-59-53(56)46-42-38-34-31-30-32-36-40-44-50(4)7-3)60-54(57)47-43-39-35-29-27-25-23-21-19-17-15-13-11-9-6-2/h50-51H,5-49H2,1-4H3/t50?,51-/m1/s1. The van der Waals surface area contributed by atoms with Crippen LogP contribution in [-0.4, -0.2) is 37.2 Å². The Balaban J connectivity index is 4.31. The van der Waals surface area contributed by atoms with E-state index in [2.05, 4.69) is 27.7 Å². The van der Waals surface area contributed by atoms with Gasteiger partial charge in [0.2, 0.25) is 0 Å². The number of carbonyl (C=O) groups is 3. The monoisotopic (exact) mass is 849 g/mol. The van der Waals surface area contributed by atoms with Gasteiger partial charge < -0.3 is 14.2 Å². The first-order valence-corrected chi connectivity index (χ1v) is 26.9. The molecule has 0 aliphatic rings. The van der Waals surface area contributed by atoms with Crippen molar-refractivity contribution in [3.63, 3.8) is 0 Å². The van der Waals surface area contributed by atoms with E-state index in [0.717, 1.165) is 63.7 Å². The van der Waals surface area contributed by atoms with Crippen molar-refractivity contribution in [2.24, 2.45) is 5.92 Å². The van der Waals surface area contributed by atoms with E-state index in [1.54, 1.807) is 0 Å². The van der Waals surface area contributed by atoms with E-state index in [4.69, 9.17) is 14.2 Å². The van der Waals surface area contributed by atoms with Crippen LogP contribution in [0, 0.1) is 5.92 Å². The molecule has 0 aliphatic carbocycles. The number of esters is 3. The maximum atomic E-state index is 12.8. The predicted molar refractivity (Wildman–Crippen MR) is 257 cm³/mol. The molecule has 0 aromatic carbocycles. The van der Waals surface area contributed by atoms with Gasteiger partial charge in [0.05, 0.1) is 0 Å². The first kappa shape index (κ1) is 58.4. The van der Waals surface area contributed by atoms with Crippen LogP contribution in [0.1, 0.15) is 304 Å². The van der Waals surface area contributed by atoms with Crippen molar-refractivity contribution in [2.45, 2.75) is 310 Å². The largest absolute Gasteiger partial charge is 0.462 e. The molecule has 0 aromatic rings. The van der Waals surface area contributed by atoms with Crippen molar-refractivity contribution in [1.29, 1.82) is 0 Å². The first-order chi connectivity index (χ1) is 29.4. The van der Waals surface area contributed by atoms with E-state index >= 15 is 0 Å². The second-order valence-electron chi connectivity index (χ2n) is 18.8. The molecule has 0 amide bonds. The number of hydrogen-bond acceptors (Lipinski definition) is 6. The molecule has 6 heteroatoms. The molecule has 0 fully saturated rings. The predicted octanol–water partition coefficient (Wildman–Crippen LogP) is 17.5. The summed E-state index contributed by atoms with van der Waals surface area (Å²) in [6.45, 7) is 9.04. The summed E-state index contributed by atoms with van der Waals surface area (Å²) in [6, 6.07) is 0. The Labute approximate surface area is 374 Å². The minimum absolute atomic E-state index is 0.0627. The molecular formula is C54H104O6. The molecule has 0 N–H and O–H groups in total. The van der Waals surface area contributed by atoms with Crippen LogP contribution >= 0.6 is 0 Å². The van der Waals surface area contributed by atoms with Crippen molar-refractivity contribution in [2.75, 3.05) is 13.2 Å². The van der Waals surface area contributed by atoms with Gasteiger partial charge in [-0.25, -0.2) is 0 Å². The number of carbonyl (C=O) groups excluding carboxylic acids is 3. The van der Waals surface area contributed by atoms with Gasteiger partial charge in [-0.15, -0.1) is 0 Å². The lowest BCUT2D eigenvalue weighted by molar-refractivity contribution is -0.167. The summed E-state index contributed by atoms with van der Waals surface area (Å²) < 4.78 is 16.8. The molecule has 0 spiro atoms. The average molecular weight is 849 g/mol. The van der Waals surface area contributed by atoms with Crippen LogP contribution in [0.25, 0.3) is 0 Å². The zero-order chi connectivity index (χ0) is 43.8. The third-order valence-electron chi connectivity index (χ3n) is 12.7. The molecular weight excluding hydrogens is 745 g/mol. The topological polar surface area (TPSA) is 78.9 Å². The second kappa shape index (κ2) is 48.4. The molecule has 0 radical (unpaired) electrons. The summed E-state index contributed by atoms with van der Waals surface area (Å²) in [5.74, 6) is 0.00557. The Hall–Kier alpha value is -1.59. The fourth-order valence-corrected chi connectivity index (χ4v) is 8.19. The summed E-state index contributed by atoms with van der Waals surface area (Å²) in [4.78, 5) is 38.0. The van der Waals surface area contributed by atoms with Crippen molar-refractivity contribution in [1.82, 2.24) is 0 Å². The molecule has 356 valence electrons. The molecule has 0 aliphatic heterocycles. The minimum Gasteiger partial charge on any atom is -0.462 e. The van der Waals surface area contributed by atoms with Crippen LogP contribution in [0.4, 0.5) is 0 Å².